The normalized spacial score (nSPS) is 22.3. The molecule has 4 aliphatic rings. The molecule has 4 unspecified atom stereocenters. The highest BCUT2D eigenvalue weighted by Gasteiger charge is 2.44. The molecule has 0 spiro atoms. The predicted molar refractivity (Wildman–Crippen MR) is 269 cm³/mol. The van der Waals surface area contributed by atoms with Crippen molar-refractivity contribution in [3.05, 3.63) is 82.9 Å². The Morgan fingerprint density at radius 2 is 1.06 bits per heavy atom. The van der Waals surface area contributed by atoms with Gasteiger partial charge in [-0.15, -0.1) is 0 Å². The van der Waals surface area contributed by atoms with E-state index in [1.165, 1.54) is 27.8 Å². The first-order valence-corrected chi connectivity index (χ1v) is 25.3. The summed E-state index contributed by atoms with van der Waals surface area (Å²) in [6, 6.07) is 18.9. The molecule has 0 bridgehead atoms. The van der Waals surface area contributed by atoms with Crippen LogP contribution >= 0.6 is 0 Å². The van der Waals surface area contributed by atoms with E-state index in [0.717, 1.165) is 74.5 Å². The van der Waals surface area contributed by atoms with Gasteiger partial charge in [-0.05, 0) is 154 Å². The van der Waals surface area contributed by atoms with Crippen molar-refractivity contribution in [2.75, 3.05) is 27.2 Å². The fourth-order valence-corrected chi connectivity index (χ4v) is 10.8. The van der Waals surface area contributed by atoms with Gasteiger partial charge in [0.2, 0.25) is 29.5 Å². The van der Waals surface area contributed by atoms with Crippen molar-refractivity contribution in [2.24, 2.45) is 10.8 Å². The third kappa shape index (κ3) is 11.0. The van der Waals surface area contributed by atoms with Gasteiger partial charge >= 0.3 is 0 Å². The zero-order valence-electron chi connectivity index (χ0n) is 42.3. The Morgan fingerprint density at radius 3 is 1.59 bits per heavy atom. The molecule has 6 N–H and O–H groups in total. The quantitative estimate of drug-likeness (QED) is 0.104. The average Bonchev–Trinajstić information content (AvgIpc) is 4.01. The molecule has 13 heteroatoms. The molecule has 3 aromatic carbocycles. The van der Waals surface area contributed by atoms with Gasteiger partial charge in [-0.3, -0.25) is 29.3 Å². The summed E-state index contributed by atoms with van der Waals surface area (Å²) in [5.74, 6) is -0.829. The minimum absolute atomic E-state index is 0.0391. The molecule has 5 amide bonds. The van der Waals surface area contributed by atoms with Crippen LogP contribution in [-0.4, -0.2) is 103 Å². The second-order valence-electron chi connectivity index (χ2n) is 21.9. The molecule has 2 aliphatic heterocycles. The minimum Gasteiger partial charge on any atom is -0.347 e. The van der Waals surface area contributed by atoms with E-state index in [4.69, 9.17) is 0 Å². The maximum atomic E-state index is 14.3. The summed E-state index contributed by atoms with van der Waals surface area (Å²) < 4.78 is 0. The van der Waals surface area contributed by atoms with Crippen LogP contribution in [0.2, 0.25) is 0 Å². The highest BCUT2D eigenvalue weighted by atomic mass is 16.2. The summed E-state index contributed by atoms with van der Waals surface area (Å²) in [6.07, 6.45) is 8.55. The first-order chi connectivity index (χ1) is 32.3. The zero-order valence-corrected chi connectivity index (χ0v) is 42.3. The number of hydrogen-bond donors (Lipinski definition) is 6. The van der Waals surface area contributed by atoms with Crippen LogP contribution in [0.5, 0.6) is 0 Å². The molecule has 2 heterocycles. The van der Waals surface area contributed by atoms with E-state index in [1.54, 1.807) is 32.8 Å². The lowest BCUT2D eigenvalue weighted by atomic mass is 9.81. The number of likely N-dealkylation sites (tertiary alicyclic amines) is 2. The molecular formula is C55H78N8O5. The number of nitrogens with zero attached hydrogens (tertiary/aromatic N) is 2. The van der Waals surface area contributed by atoms with Crippen LogP contribution in [0, 0.1) is 10.8 Å². The minimum atomic E-state index is -0.769. The number of fused-ring (bicyclic) bond motifs is 2. The summed E-state index contributed by atoms with van der Waals surface area (Å²) in [7, 11) is 3.46. The standard InChI is InChI=1S/C55H78N8O5/c1-33(56-9)49(64)60-47(54(3,4)5)52(67)62-30-16-28-45(62)51(66)59-44-27-15-23-40-38(21-13-25-42(40)44)36-19-11-18-35(32-36)37-20-12-24-41-39(37)22-14-26-43(41)58-46-29-17-31-63(46)53(68)48(55(6,7)8)61-50(65)34(2)57-10/h11-13,18-21,24-25,32-34,43-48,56-58H,14-17,22-23,26-31H2,1-10H3,(H,59,66)(H,60,64)(H,61,65)/t33?,34?,43-,44-,45+,46+,47?,48?/m1/s1. The molecule has 0 aromatic heterocycles. The van der Waals surface area contributed by atoms with Gasteiger partial charge < -0.3 is 36.4 Å². The van der Waals surface area contributed by atoms with Crippen molar-refractivity contribution in [2.45, 2.75) is 168 Å². The van der Waals surface area contributed by atoms with Crippen LogP contribution in [-0.2, 0) is 36.8 Å². The number of carbonyl (C=O) groups excluding carboxylic acids is 5. The van der Waals surface area contributed by atoms with Crippen molar-refractivity contribution in [3.8, 4) is 22.3 Å². The molecule has 2 aliphatic carbocycles. The summed E-state index contributed by atoms with van der Waals surface area (Å²) in [5.41, 5.74) is 8.66. The molecule has 68 heavy (non-hydrogen) atoms. The highest BCUT2D eigenvalue weighted by Crippen LogP contribution is 2.41. The van der Waals surface area contributed by atoms with Crippen LogP contribution in [0.25, 0.3) is 22.3 Å². The smallest absolute Gasteiger partial charge is 0.246 e. The van der Waals surface area contributed by atoms with Gasteiger partial charge in [0.05, 0.1) is 24.3 Å². The number of hydrogen-bond acceptors (Lipinski definition) is 8. The van der Waals surface area contributed by atoms with E-state index in [2.05, 4.69) is 92.6 Å². The molecular weight excluding hydrogens is 853 g/mol. The molecule has 2 saturated heterocycles. The molecule has 7 rings (SSSR count). The first-order valence-electron chi connectivity index (χ1n) is 25.3. The first kappa shape index (κ1) is 50.8. The van der Waals surface area contributed by atoms with Gasteiger partial charge in [-0.2, -0.15) is 0 Å². The molecule has 0 radical (unpaired) electrons. The number of carbonyl (C=O) groups is 5. The van der Waals surface area contributed by atoms with Crippen LogP contribution in [0.4, 0.5) is 0 Å². The van der Waals surface area contributed by atoms with Crippen LogP contribution < -0.4 is 31.9 Å². The summed E-state index contributed by atoms with van der Waals surface area (Å²) in [6.45, 7) is 16.5. The maximum absolute atomic E-state index is 14.3. The third-order valence-electron chi connectivity index (χ3n) is 15.0. The maximum Gasteiger partial charge on any atom is 0.246 e. The lowest BCUT2D eigenvalue weighted by Gasteiger charge is -2.38. The van der Waals surface area contributed by atoms with Crippen molar-refractivity contribution in [1.82, 2.24) is 41.7 Å². The topological polar surface area (TPSA) is 164 Å². The second-order valence-corrected chi connectivity index (χ2v) is 21.9. The van der Waals surface area contributed by atoms with E-state index in [1.807, 2.05) is 46.4 Å². The van der Waals surface area contributed by atoms with Crippen LogP contribution in [0.3, 0.4) is 0 Å². The second kappa shape index (κ2) is 21.3. The average molecular weight is 931 g/mol. The van der Waals surface area contributed by atoms with Gasteiger partial charge in [-0.1, -0.05) is 96.1 Å². The molecule has 3 aromatic rings. The summed E-state index contributed by atoms with van der Waals surface area (Å²) in [4.78, 5) is 72.2. The van der Waals surface area contributed by atoms with Crippen LogP contribution in [0.1, 0.15) is 141 Å². The lowest BCUT2D eigenvalue weighted by Crippen LogP contribution is -2.59. The van der Waals surface area contributed by atoms with E-state index in [0.29, 0.717) is 19.5 Å². The summed E-state index contributed by atoms with van der Waals surface area (Å²) in [5, 5.41) is 19.3. The fourth-order valence-electron chi connectivity index (χ4n) is 10.8. The Morgan fingerprint density at radius 1 is 0.588 bits per heavy atom. The lowest BCUT2D eigenvalue weighted by molar-refractivity contribution is -0.144. The summed E-state index contributed by atoms with van der Waals surface area (Å²) >= 11 is 0. The number of likely N-dealkylation sites (N-methyl/N-ethyl adjacent to an activating group) is 2. The van der Waals surface area contributed by atoms with Gasteiger partial charge in [0.15, 0.2) is 0 Å². The van der Waals surface area contributed by atoms with Crippen molar-refractivity contribution in [1.29, 1.82) is 0 Å². The highest BCUT2D eigenvalue weighted by molar-refractivity contribution is 5.94. The van der Waals surface area contributed by atoms with Gasteiger partial charge in [0.1, 0.15) is 18.1 Å². The number of rotatable bonds is 14. The van der Waals surface area contributed by atoms with Crippen LogP contribution in [0.15, 0.2) is 60.7 Å². The zero-order chi connectivity index (χ0) is 49.1. The largest absolute Gasteiger partial charge is 0.347 e. The van der Waals surface area contributed by atoms with Gasteiger partial charge in [0.25, 0.3) is 0 Å². The third-order valence-corrected chi connectivity index (χ3v) is 15.0. The van der Waals surface area contributed by atoms with Gasteiger partial charge in [-0.25, -0.2) is 0 Å². The van der Waals surface area contributed by atoms with Crippen molar-refractivity contribution in [3.63, 3.8) is 0 Å². The number of nitrogens with one attached hydrogen (secondary N) is 6. The van der Waals surface area contributed by atoms with Gasteiger partial charge in [0, 0.05) is 19.1 Å². The Balaban J connectivity index is 1.08. The van der Waals surface area contributed by atoms with E-state index in [-0.39, 0.29) is 47.8 Å². The fraction of sp³-hybridized carbons (Fsp3) is 0.582. The Kier molecular flexibility index (Phi) is 15.9. The molecule has 2 fully saturated rings. The number of amides is 5. The monoisotopic (exact) mass is 931 g/mol. The van der Waals surface area contributed by atoms with Crippen molar-refractivity contribution < 1.29 is 24.0 Å². The Labute approximate surface area is 405 Å². The van der Waals surface area contributed by atoms with E-state index in [9.17, 15) is 24.0 Å². The van der Waals surface area contributed by atoms with E-state index < -0.39 is 41.0 Å². The SMILES string of the molecule is CNC(C)C(=O)NC(C(=O)N1CCC[C@H]1N[C@@H]1CCCc2c(-c3cccc(-c4cccc5c4CCC[C@H]5NC(=O)[C@@H]4CCCN4C(=O)C(NC(=O)C(C)NC)C(C)(C)C)c3)cccc21)C(C)(C)C. The molecule has 368 valence electrons. The molecule has 13 nitrogen and oxygen atoms in total. The molecule has 0 saturated carbocycles. The Hall–Kier alpha value is -5.11. The Bertz CT molecular complexity index is 2330. The van der Waals surface area contributed by atoms with E-state index >= 15 is 0 Å². The molecule has 8 atom stereocenters. The number of benzene rings is 3. The van der Waals surface area contributed by atoms with Crippen molar-refractivity contribution >= 4 is 29.5 Å². The predicted octanol–water partition coefficient (Wildman–Crippen LogP) is 6.70.